The second kappa shape index (κ2) is 4.04. The first-order valence-corrected chi connectivity index (χ1v) is 6.43. The zero-order chi connectivity index (χ0) is 10.3. The molecule has 0 radical (unpaired) electrons. The SMILES string of the molecule is CNC1CCCN(C2CC3CCC2O3)C1. The van der Waals surface area contributed by atoms with E-state index in [1.807, 2.05) is 0 Å². The van der Waals surface area contributed by atoms with Crippen LogP contribution >= 0.6 is 0 Å². The minimum atomic E-state index is 0.561. The van der Waals surface area contributed by atoms with Crippen molar-refractivity contribution >= 4 is 0 Å². The predicted molar refractivity (Wildman–Crippen MR) is 60.0 cm³/mol. The van der Waals surface area contributed by atoms with Crippen LogP contribution in [-0.2, 0) is 4.74 Å². The highest BCUT2D eigenvalue weighted by Gasteiger charge is 2.44. The van der Waals surface area contributed by atoms with Crippen molar-refractivity contribution in [2.45, 2.75) is 56.4 Å². The third kappa shape index (κ3) is 1.81. The number of fused-ring (bicyclic) bond motifs is 2. The molecule has 3 aliphatic heterocycles. The maximum Gasteiger partial charge on any atom is 0.0735 e. The molecule has 3 fully saturated rings. The Kier molecular flexibility index (Phi) is 2.71. The van der Waals surface area contributed by atoms with Crippen molar-refractivity contribution in [3.8, 4) is 0 Å². The molecule has 0 aromatic rings. The van der Waals surface area contributed by atoms with Crippen molar-refractivity contribution in [3.63, 3.8) is 0 Å². The lowest BCUT2D eigenvalue weighted by molar-refractivity contribution is 0.0572. The van der Waals surface area contributed by atoms with Gasteiger partial charge in [-0.2, -0.15) is 0 Å². The van der Waals surface area contributed by atoms with Crippen LogP contribution in [0.2, 0.25) is 0 Å². The Balaban J connectivity index is 1.62. The van der Waals surface area contributed by atoms with Gasteiger partial charge >= 0.3 is 0 Å². The lowest BCUT2D eigenvalue weighted by atomic mass is 9.92. The molecule has 0 spiro atoms. The van der Waals surface area contributed by atoms with E-state index in [9.17, 15) is 0 Å². The molecule has 0 aromatic carbocycles. The molecule has 86 valence electrons. The lowest BCUT2D eigenvalue weighted by Gasteiger charge is -2.38. The van der Waals surface area contributed by atoms with Gasteiger partial charge in [-0.1, -0.05) is 0 Å². The number of likely N-dealkylation sites (N-methyl/N-ethyl adjacent to an activating group) is 1. The van der Waals surface area contributed by atoms with Gasteiger partial charge in [0.25, 0.3) is 0 Å². The van der Waals surface area contributed by atoms with Gasteiger partial charge in [-0.15, -0.1) is 0 Å². The number of ether oxygens (including phenoxy) is 1. The summed E-state index contributed by atoms with van der Waals surface area (Å²) in [4.78, 5) is 2.68. The van der Waals surface area contributed by atoms with Crippen LogP contribution < -0.4 is 5.32 Å². The monoisotopic (exact) mass is 210 g/mol. The smallest absolute Gasteiger partial charge is 0.0735 e. The van der Waals surface area contributed by atoms with Gasteiger partial charge in [0.2, 0.25) is 0 Å². The van der Waals surface area contributed by atoms with Crippen LogP contribution in [0.15, 0.2) is 0 Å². The third-order valence-corrected chi connectivity index (χ3v) is 4.40. The fraction of sp³-hybridized carbons (Fsp3) is 1.00. The van der Waals surface area contributed by atoms with E-state index in [2.05, 4.69) is 17.3 Å². The molecule has 3 aliphatic rings. The molecule has 4 unspecified atom stereocenters. The Morgan fingerprint density at radius 3 is 2.87 bits per heavy atom. The Bertz CT molecular complexity index is 234. The van der Waals surface area contributed by atoms with E-state index in [1.165, 1.54) is 45.2 Å². The van der Waals surface area contributed by atoms with Crippen molar-refractivity contribution < 1.29 is 4.74 Å². The standard InChI is InChI=1S/C12H22N2O/c1-13-9-3-2-6-14(8-9)11-7-10-4-5-12(11)15-10/h9-13H,2-8H2,1H3. The molecule has 0 amide bonds. The number of likely N-dealkylation sites (tertiary alicyclic amines) is 1. The molecule has 1 N–H and O–H groups in total. The van der Waals surface area contributed by atoms with Crippen LogP contribution in [0, 0.1) is 0 Å². The van der Waals surface area contributed by atoms with Gasteiger partial charge in [-0.3, -0.25) is 4.90 Å². The van der Waals surface area contributed by atoms with Crippen LogP contribution in [0.25, 0.3) is 0 Å². The number of rotatable bonds is 2. The molecule has 0 aromatic heterocycles. The number of piperidine rings is 1. The molecule has 2 bridgehead atoms. The molecule has 3 saturated heterocycles. The van der Waals surface area contributed by atoms with E-state index < -0.39 is 0 Å². The summed E-state index contributed by atoms with van der Waals surface area (Å²) in [5.74, 6) is 0. The minimum absolute atomic E-state index is 0.561. The first kappa shape index (κ1) is 10.1. The van der Waals surface area contributed by atoms with E-state index in [1.54, 1.807) is 0 Å². The fourth-order valence-electron chi connectivity index (χ4n) is 3.54. The maximum atomic E-state index is 5.94. The average molecular weight is 210 g/mol. The van der Waals surface area contributed by atoms with Crippen LogP contribution in [0.1, 0.15) is 32.1 Å². The topological polar surface area (TPSA) is 24.5 Å². The van der Waals surface area contributed by atoms with Gasteiger partial charge in [0.15, 0.2) is 0 Å². The molecule has 15 heavy (non-hydrogen) atoms. The quantitative estimate of drug-likeness (QED) is 0.735. The van der Waals surface area contributed by atoms with Gasteiger partial charge in [-0.05, 0) is 45.7 Å². The molecular formula is C12H22N2O. The van der Waals surface area contributed by atoms with Gasteiger partial charge in [0.05, 0.1) is 12.2 Å². The van der Waals surface area contributed by atoms with Gasteiger partial charge in [0.1, 0.15) is 0 Å². The summed E-state index contributed by atoms with van der Waals surface area (Å²) in [5.41, 5.74) is 0. The second-order valence-electron chi connectivity index (χ2n) is 5.30. The van der Waals surface area contributed by atoms with Crippen molar-refractivity contribution in [2.24, 2.45) is 0 Å². The van der Waals surface area contributed by atoms with E-state index in [4.69, 9.17) is 4.74 Å². The molecule has 3 nitrogen and oxygen atoms in total. The third-order valence-electron chi connectivity index (χ3n) is 4.40. The van der Waals surface area contributed by atoms with Gasteiger partial charge in [-0.25, -0.2) is 0 Å². The summed E-state index contributed by atoms with van der Waals surface area (Å²) in [6.07, 6.45) is 7.75. The second-order valence-corrected chi connectivity index (χ2v) is 5.30. The van der Waals surface area contributed by atoms with Crippen molar-refractivity contribution in [1.82, 2.24) is 10.2 Å². The average Bonchev–Trinajstić information content (AvgIpc) is 2.91. The largest absolute Gasteiger partial charge is 0.373 e. The van der Waals surface area contributed by atoms with Gasteiger partial charge in [0, 0.05) is 18.6 Å². The Hall–Kier alpha value is -0.120. The van der Waals surface area contributed by atoms with E-state index >= 15 is 0 Å². The van der Waals surface area contributed by atoms with Crippen LogP contribution in [0.4, 0.5) is 0 Å². The zero-order valence-corrected chi connectivity index (χ0v) is 9.61. The van der Waals surface area contributed by atoms with Gasteiger partial charge < -0.3 is 10.1 Å². The van der Waals surface area contributed by atoms with Crippen LogP contribution in [-0.4, -0.2) is 49.3 Å². The number of nitrogens with zero attached hydrogens (tertiary/aromatic N) is 1. The Labute approximate surface area is 92.2 Å². The lowest BCUT2D eigenvalue weighted by Crippen LogP contribution is -2.51. The summed E-state index contributed by atoms with van der Waals surface area (Å²) in [6, 6.07) is 1.44. The van der Waals surface area contributed by atoms with Crippen LogP contribution in [0.5, 0.6) is 0 Å². The maximum absolute atomic E-state index is 5.94. The minimum Gasteiger partial charge on any atom is -0.373 e. The number of nitrogens with one attached hydrogen (secondary N) is 1. The predicted octanol–water partition coefficient (Wildman–Crippen LogP) is 0.990. The summed E-state index contributed by atoms with van der Waals surface area (Å²) >= 11 is 0. The summed E-state index contributed by atoms with van der Waals surface area (Å²) in [5, 5.41) is 3.42. The molecule has 0 aliphatic carbocycles. The van der Waals surface area contributed by atoms with Crippen LogP contribution in [0.3, 0.4) is 0 Å². The molecule has 3 heteroatoms. The van der Waals surface area contributed by atoms with Crippen molar-refractivity contribution in [1.29, 1.82) is 0 Å². The van der Waals surface area contributed by atoms with E-state index in [0.717, 1.165) is 6.04 Å². The van der Waals surface area contributed by atoms with Crippen molar-refractivity contribution in [3.05, 3.63) is 0 Å². The van der Waals surface area contributed by atoms with Crippen molar-refractivity contribution in [2.75, 3.05) is 20.1 Å². The summed E-state index contributed by atoms with van der Waals surface area (Å²) in [7, 11) is 2.09. The first-order chi connectivity index (χ1) is 7.36. The number of hydrogen-bond donors (Lipinski definition) is 1. The summed E-state index contributed by atoms with van der Waals surface area (Å²) < 4.78 is 5.94. The first-order valence-electron chi connectivity index (χ1n) is 6.43. The number of hydrogen-bond acceptors (Lipinski definition) is 3. The highest BCUT2D eigenvalue weighted by Crippen LogP contribution is 2.37. The van der Waals surface area contributed by atoms with E-state index in [0.29, 0.717) is 18.2 Å². The Morgan fingerprint density at radius 2 is 2.20 bits per heavy atom. The molecule has 4 atom stereocenters. The highest BCUT2D eigenvalue weighted by atomic mass is 16.5. The fourth-order valence-corrected chi connectivity index (χ4v) is 3.54. The highest BCUT2D eigenvalue weighted by molar-refractivity contribution is 4.97. The molecular weight excluding hydrogens is 188 g/mol. The molecule has 3 rings (SSSR count). The molecule has 0 saturated carbocycles. The zero-order valence-electron chi connectivity index (χ0n) is 9.61. The van der Waals surface area contributed by atoms with E-state index in [-0.39, 0.29) is 0 Å². The normalized spacial score (nSPS) is 46.2. The molecule has 3 heterocycles. The Morgan fingerprint density at radius 1 is 1.27 bits per heavy atom. The summed E-state index contributed by atoms with van der Waals surface area (Å²) in [6.45, 7) is 2.52.